The lowest BCUT2D eigenvalue weighted by Crippen LogP contribution is -1.91. The van der Waals surface area contributed by atoms with E-state index in [1.165, 1.54) is 22.1 Å². The smallest absolute Gasteiger partial charge is 0.0704 e. The molecule has 0 fully saturated rings. The van der Waals surface area contributed by atoms with Crippen LogP contribution in [0.1, 0.15) is 36.5 Å². The van der Waals surface area contributed by atoms with Gasteiger partial charge < -0.3 is 0 Å². The van der Waals surface area contributed by atoms with Gasteiger partial charge in [0.1, 0.15) is 0 Å². The van der Waals surface area contributed by atoms with Crippen LogP contribution >= 0.6 is 0 Å². The van der Waals surface area contributed by atoms with Crippen LogP contribution < -0.4 is 0 Å². The standard InChI is InChI=1S/C14H17N/c1-9(2)13-7-12-5-10(3)11(4)6-14(12)15-8-13/h5-9H,1-4H3. The van der Waals surface area contributed by atoms with Crippen molar-refractivity contribution in [2.45, 2.75) is 33.6 Å². The summed E-state index contributed by atoms with van der Waals surface area (Å²) in [6.45, 7) is 8.68. The van der Waals surface area contributed by atoms with Crippen molar-refractivity contribution >= 4 is 10.9 Å². The number of benzene rings is 1. The molecule has 15 heavy (non-hydrogen) atoms. The topological polar surface area (TPSA) is 12.9 Å². The Morgan fingerprint density at radius 3 is 2.33 bits per heavy atom. The Morgan fingerprint density at radius 1 is 1.00 bits per heavy atom. The van der Waals surface area contributed by atoms with Gasteiger partial charge >= 0.3 is 0 Å². The maximum absolute atomic E-state index is 4.50. The van der Waals surface area contributed by atoms with E-state index in [0.717, 1.165) is 5.52 Å². The number of hydrogen-bond acceptors (Lipinski definition) is 1. The summed E-state index contributed by atoms with van der Waals surface area (Å²) in [6.07, 6.45) is 1.99. The fraction of sp³-hybridized carbons (Fsp3) is 0.357. The van der Waals surface area contributed by atoms with Gasteiger partial charge in [0.2, 0.25) is 0 Å². The van der Waals surface area contributed by atoms with Gasteiger partial charge in [0.15, 0.2) is 0 Å². The van der Waals surface area contributed by atoms with E-state index in [1.54, 1.807) is 0 Å². The Morgan fingerprint density at radius 2 is 1.67 bits per heavy atom. The summed E-state index contributed by atoms with van der Waals surface area (Å²) in [7, 11) is 0. The summed E-state index contributed by atoms with van der Waals surface area (Å²) in [5.74, 6) is 0.545. The Hall–Kier alpha value is -1.37. The summed E-state index contributed by atoms with van der Waals surface area (Å²) < 4.78 is 0. The molecule has 78 valence electrons. The minimum Gasteiger partial charge on any atom is -0.256 e. The highest BCUT2D eigenvalue weighted by atomic mass is 14.6. The molecule has 1 aromatic heterocycles. The molecule has 1 nitrogen and oxygen atoms in total. The third-order valence-electron chi connectivity index (χ3n) is 2.98. The third kappa shape index (κ3) is 1.87. The van der Waals surface area contributed by atoms with E-state index in [1.807, 2.05) is 6.20 Å². The van der Waals surface area contributed by atoms with Gasteiger partial charge in [0.25, 0.3) is 0 Å². The van der Waals surface area contributed by atoms with Crippen LogP contribution in [-0.4, -0.2) is 4.98 Å². The van der Waals surface area contributed by atoms with Gasteiger partial charge in [-0.15, -0.1) is 0 Å². The molecular formula is C14H17N. The molecule has 0 aliphatic carbocycles. The maximum atomic E-state index is 4.50. The van der Waals surface area contributed by atoms with Crippen LogP contribution in [-0.2, 0) is 0 Å². The van der Waals surface area contributed by atoms with Gasteiger partial charge in [0, 0.05) is 11.6 Å². The zero-order valence-electron chi connectivity index (χ0n) is 9.83. The van der Waals surface area contributed by atoms with Crippen molar-refractivity contribution in [1.29, 1.82) is 0 Å². The molecule has 2 aromatic rings. The van der Waals surface area contributed by atoms with Crippen molar-refractivity contribution < 1.29 is 0 Å². The van der Waals surface area contributed by atoms with Gasteiger partial charge in [-0.2, -0.15) is 0 Å². The molecule has 0 unspecified atom stereocenters. The van der Waals surface area contributed by atoms with E-state index in [9.17, 15) is 0 Å². The zero-order chi connectivity index (χ0) is 11.0. The van der Waals surface area contributed by atoms with Gasteiger partial charge in [-0.25, -0.2) is 0 Å². The predicted molar refractivity (Wildman–Crippen MR) is 65.3 cm³/mol. The van der Waals surface area contributed by atoms with Crippen LogP contribution in [0.15, 0.2) is 24.4 Å². The number of rotatable bonds is 1. The number of pyridine rings is 1. The molecule has 1 aromatic carbocycles. The summed E-state index contributed by atoms with van der Waals surface area (Å²) >= 11 is 0. The normalized spacial score (nSPS) is 11.3. The molecule has 0 radical (unpaired) electrons. The Bertz CT molecular complexity index is 498. The maximum Gasteiger partial charge on any atom is 0.0704 e. The molecule has 0 atom stereocenters. The summed E-state index contributed by atoms with van der Waals surface area (Å²) in [5.41, 5.74) is 5.06. The quantitative estimate of drug-likeness (QED) is 0.677. The predicted octanol–water partition coefficient (Wildman–Crippen LogP) is 3.98. The lowest BCUT2D eigenvalue weighted by atomic mass is 10.0. The number of hydrogen-bond donors (Lipinski definition) is 0. The summed E-state index contributed by atoms with van der Waals surface area (Å²) in [6, 6.07) is 6.64. The number of aromatic nitrogens is 1. The zero-order valence-corrected chi connectivity index (χ0v) is 9.83. The summed E-state index contributed by atoms with van der Waals surface area (Å²) in [4.78, 5) is 4.50. The molecule has 0 bridgehead atoms. The van der Waals surface area contributed by atoms with Crippen LogP contribution in [0.2, 0.25) is 0 Å². The Kier molecular flexibility index (Phi) is 2.47. The monoisotopic (exact) mass is 199 g/mol. The van der Waals surface area contributed by atoms with Crippen LogP contribution in [0, 0.1) is 13.8 Å². The molecule has 1 heteroatoms. The first kappa shape index (κ1) is 10.2. The van der Waals surface area contributed by atoms with Crippen molar-refractivity contribution in [1.82, 2.24) is 4.98 Å². The van der Waals surface area contributed by atoms with Crippen LogP contribution in [0.5, 0.6) is 0 Å². The van der Waals surface area contributed by atoms with E-state index >= 15 is 0 Å². The molecule has 2 rings (SSSR count). The Balaban J connectivity index is 2.66. The van der Waals surface area contributed by atoms with Crippen molar-refractivity contribution in [3.63, 3.8) is 0 Å². The van der Waals surface area contributed by atoms with Crippen molar-refractivity contribution in [2.75, 3.05) is 0 Å². The van der Waals surface area contributed by atoms with Gasteiger partial charge in [-0.1, -0.05) is 13.8 Å². The van der Waals surface area contributed by atoms with Crippen LogP contribution in [0.4, 0.5) is 0 Å². The minimum absolute atomic E-state index is 0.545. The average molecular weight is 199 g/mol. The number of nitrogens with zero attached hydrogens (tertiary/aromatic N) is 1. The molecule has 0 N–H and O–H groups in total. The average Bonchev–Trinajstić information content (AvgIpc) is 2.19. The van der Waals surface area contributed by atoms with E-state index < -0.39 is 0 Å². The molecule has 1 heterocycles. The van der Waals surface area contributed by atoms with Crippen molar-refractivity contribution in [3.8, 4) is 0 Å². The third-order valence-corrected chi connectivity index (χ3v) is 2.98. The van der Waals surface area contributed by atoms with Crippen LogP contribution in [0.3, 0.4) is 0 Å². The summed E-state index contributed by atoms with van der Waals surface area (Å²) in [5, 5.41) is 1.25. The molecule has 0 aliphatic rings. The second-order valence-corrected chi connectivity index (χ2v) is 4.55. The van der Waals surface area contributed by atoms with E-state index in [-0.39, 0.29) is 0 Å². The molecular weight excluding hydrogens is 182 g/mol. The first-order valence-corrected chi connectivity index (χ1v) is 5.45. The second-order valence-electron chi connectivity index (χ2n) is 4.55. The highest BCUT2D eigenvalue weighted by Crippen LogP contribution is 2.21. The second kappa shape index (κ2) is 3.65. The lowest BCUT2D eigenvalue weighted by Gasteiger charge is -2.08. The van der Waals surface area contributed by atoms with E-state index in [0.29, 0.717) is 5.92 Å². The highest BCUT2D eigenvalue weighted by Gasteiger charge is 2.03. The number of fused-ring (bicyclic) bond motifs is 1. The minimum atomic E-state index is 0.545. The van der Waals surface area contributed by atoms with Crippen molar-refractivity contribution in [3.05, 3.63) is 41.1 Å². The molecule has 0 saturated heterocycles. The molecule has 0 aliphatic heterocycles. The van der Waals surface area contributed by atoms with E-state index in [4.69, 9.17) is 0 Å². The molecule has 0 spiro atoms. The van der Waals surface area contributed by atoms with Crippen LogP contribution in [0.25, 0.3) is 10.9 Å². The lowest BCUT2D eigenvalue weighted by molar-refractivity contribution is 0.862. The fourth-order valence-electron chi connectivity index (χ4n) is 1.73. The van der Waals surface area contributed by atoms with Gasteiger partial charge in [-0.3, -0.25) is 4.98 Å². The SMILES string of the molecule is Cc1cc2cc(C(C)C)cnc2cc1C. The largest absolute Gasteiger partial charge is 0.256 e. The Labute approximate surface area is 91.2 Å². The fourth-order valence-corrected chi connectivity index (χ4v) is 1.73. The van der Waals surface area contributed by atoms with Crippen molar-refractivity contribution in [2.24, 2.45) is 0 Å². The van der Waals surface area contributed by atoms with Gasteiger partial charge in [0.05, 0.1) is 5.52 Å². The first-order chi connectivity index (χ1) is 7.08. The molecule has 0 amide bonds. The number of aryl methyl sites for hydroxylation is 2. The highest BCUT2D eigenvalue weighted by molar-refractivity contribution is 5.80. The van der Waals surface area contributed by atoms with E-state index in [2.05, 4.69) is 50.9 Å². The molecule has 0 saturated carbocycles. The van der Waals surface area contributed by atoms with Gasteiger partial charge in [-0.05, 0) is 54.7 Å². The first-order valence-electron chi connectivity index (χ1n) is 5.45.